The summed E-state index contributed by atoms with van der Waals surface area (Å²) in [6.07, 6.45) is 0. The zero-order valence-electron chi connectivity index (χ0n) is 10.5. The number of hydrogen-bond donors (Lipinski definition) is 1. The standard InChI is InChI=1S/C15H16FNO/c1-10(17)12-5-8-15(18-2)14(9-12)11-3-6-13(16)7-4-11/h3-10H,17H2,1-2H3. The van der Waals surface area contributed by atoms with Gasteiger partial charge in [0.25, 0.3) is 0 Å². The fraction of sp³-hybridized carbons (Fsp3) is 0.200. The second-order valence-electron chi connectivity index (χ2n) is 4.26. The molecule has 2 N–H and O–H groups in total. The van der Waals surface area contributed by atoms with Gasteiger partial charge in [0.15, 0.2) is 0 Å². The van der Waals surface area contributed by atoms with Gasteiger partial charge < -0.3 is 10.5 Å². The van der Waals surface area contributed by atoms with Crippen LogP contribution < -0.4 is 10.5 Å². The second kappa shape index (κ2) is 5.19. The van der Waals surface area contributed by atoms with Gasteiger partial charge in [-0.1, -0.05) is 18.2 Å². The monoisotopic (exact) mass is 245 g/mol. The first-order valence-corrected chi connectivity index (χ1v) is 5.81. The van der Waals surface area contributed by atoms with Gasteiger partial charge in [-0.05, 0) is 42.3 Å². The van der Waals surface area contributed by atoms with Crippen molar-refractivity contribution in [2.45, 2.75) is 13.0 Å². The molecule has 94 valence electrons. The zero-order valence-corrected chi connectivity index (χ0v) is 10.5. The lowest BCUT2D eigenvalue weighted by molar-refractivity contribution is 0.416. The van der Waals surface area contributed by atoms with Crippen LogP contribution in [0, 0.1) is 5.82 Å². The number of hydrogen-bond acceptors (Lipinski definition) is 2. The van der Waals surface area contributed by atoms with E-state index in [0.717, 1.165) is 22.4 Å². The topological polar surface area (TPSA) is 35.2 Å². The molecule has 0 spiro atoms. The molecule has 2 nitrogen and oxygen atoms in total. The molecule has 0 aliphatic rings. The maximum Gasteiger partial charge on any atom is 0.126 e. The summed E-state index contributed by atoms with van der Waals surface area (Å²) >= 11 is 0. The highest BCUT2D eigenvalue weighted by molar-refractivity contribution is 5.71. The van der Waals surface area contributed by atoms with Gasteiger partial charge in [-0.3, -0.25) is 0 Å². The molecule has 1 atom stereocenters. The molecule has 0 aromatic heterocycles. The largest absolute Gasteiger partial charge is 0.496 e. The predicted molar refractivity (Wildman–Crippen MR) is 71.0 cm³/mol. The Morgan fingerprint density at radius 2 is 1.78 bits per heavy atom. The van der Waals surface area contributed by atoms with Gasteiger partial charge in [0.2, 0.25) is 0 Å². The van der Waals surface area contributed by atoms with Gasteiger partial charge >= 0.3 is 0 Å². The van der Waals surface area contributed by atoms with Crippen molar-refractivity contribution in [1.82, 2.24) is 0 Å². The fourth-order valence-corrected chi connectivity index (χ4v) is 1.86. The third kappa shape index (κ3) is 2.51. The molecule has 0 amide bonds. The third-order valence-electron chi connectivity index (χ3n) is 2.90. The van der Waals surface area contributed by atoms with Crippen molar-refractivity contribution in [2.75, 3.05) is 7.11 Å². The van der Waals surface area contributed by atoms with Crippen LogP contribution in [0.2, 0.25) is 0 Å². The summed E-state index contributed by atoms with van der Waals surface area (Å²) < 4.78 is 18.3. The van der Waals surface area contributed by atoms with E-state index in [9.17, 15) is 4.39 Å². The van der Waals surface area contributed by atoms with Crippen LogP contribution >= 0.6 is 0 Å². The maximum absolute atomic E-state index is 12.9. The molecular formula is C15H16FNO. The van der Waals surface area contributed by atoms with Gasteiger partial charge in [-0.2, -0.15) is 0 Å². The molecule has 0 aliphatic carbocycles. The third-order valence-corrected chi connectivity index (χ3v) is 2.90. The van der Waals surface area contributed by atoms with E-state index in [-0.39, 0.29) is 11.9 Å². The molecule has 0 saturated carbocycles. The predicted octanol–water partition coefficient (Wildman–Crippen LogP) is 3.52. The molecule has 2 aromatic rings. The Bertz CT molecular complexity index is 535. The van der Waals surface area contributed by atoms with Crippen LogP contribution in [0.3, 0.4) is 0 Å². The van der Waals surface area contributed by atoms with Crippen LogP contribution in [-0.4, -0.2) is 7.11 Å². The number of halogens is 1. The molecule has 0 aliphatic heterocycles. The Hall–Kier alpha value is -1.87. The minimum Gasteiger partial charge on any atom is -0.496 e. The van der Waals surface area contributed by atoms with Gasteiger partial charge in [-0.15, -0.1) is 0 Å². The Morgan fingerprint density at radius 3 is 2.33 bits per heavy atom. The van der Waals surface area contributed by atoms with Crippen molar-refractivity contribution in [3.8, 4) is 16.9 Å². The zero-order chi connectivity index (χ0) is 13.1. The van der Waals surface area contributed by atoms with E-state index in [0.29, 0.717) is 0 Å². The highest BCUT2D eigenvalue weighted by Gasteiger charge is 2.09. The first-order valence-electron chi connectivity index (χ1n) is 5.81. The lowest BCUT2D eigenvalue weighted by Gasteiger charge is -2.13. The smallest absolute Gasteiger partial charge is 0.126 e. The fourth-order valence-electron chi connectivity index (χ4n) is 1.86. The molecule has 1 unspecified atom stereocenters. The number of benzene rings is 2. The molecule has 0 heterocycles. The van der Waals surface area contributed by atoms with E-state index < -0.39 is 0 Å². The number of ether oxygens (including phenoxy) is 1. The first kappa shape index (κ1) is 12.6. The summed E-state index contributed by atoms with van der Waals surface area (Å²) in [7, 11) is 1.62. The highest BCUT2D eigenvalue weighted by atomic mass is 19.1. The van der Waals surface area contributed by atoms with Crippen molar-refractivity contribution in [3.63, 3.8) is 0 Å². The number of nitrogens with two attached hydrogens (primary N) is 1. The average Bonchev–Trinajstić information content (AvgIpc) is 2.39. The molecule has 3 heteroatoms. The van der Waals surface area contributed by atoms with Crippen molar-refractivity contribution < 1.29 is 9.13 Å². The van der Waals surface area contributed by atoms with Gasteiger partial charge in [0.1, 0.15) is 11.6 Å². The van der Waals surface area contributed by atoms with Crippen LogP contribution in [0.5, 0.6) is 5.75 Å². The second-order valence-corrected chi connectivity index (χ2v) is 4.26. The van der Waals surface area contributed by atoms with Crippen molar-refractivity contribution >= 4 is 0 Å². The normalized spacial score (nSPS) is 12.2. The SMILES string of the molecule is COc1ccc(C(C)N)cc1-c1ccc(F)cc1. The Morgan fingerprint density at radius 1 is 1.11 bits per heavy atom. The first-order chi connectivity index (χ1) is 8.61. The van der Waals surface area contributed by atoms with Crippen molar-refractivity contribution in [1.29, 1.82) is 0 Å². The minimum absolute atomic E-state index is 0.0462. The van der Waals surface area contributed by atoms with Crippen LogP contribution in [0.25, 0.3) is 11.1 Å². The molecule has 0 fully saturated rings. The molecule has 2 aromatic carbocycles. The summed E-state index contributed by atoms with van der Waals surface area (Å²) in [4.78, 5) is 0. The van der Waals surface area contributed by atoms with E-state index in [2.05, 4.69) is 0 Å². The summed E-state index contributed by atoms with van der Waals surface area (Å²) in [5.41, 5.74) is 8.73. The minimum atomic E-state index is -0.249. The van der Waals surface area contributed by atoms with Crippen LogP contribution in [0.15, 0.2) is 42.5 Å². The van der Waals surface area contributed by atoms with Gasteiger partial charge in [0.05, 0.1) is 7.11 Å². The molecule has 18 heavy (non-hydrogen) atoms. The summed E-state index contributed by atoms with van der Waals surface area (Å²) in [6, 6.07) is 12.1. The van der Waals surface area contributed by atoms with Gasteiger partial charge in [-0.25, -0.2) is 4.39 Å². The van der Waals surface area contributed by atoms with E-state index in [4.69, 9.17) is 10.5 Å². The summed E-state index contributed by atoms with van der Waals surface area (Å²) in [6.45, 7) is 1.93. The molecule has 0 saturated heterocycles. The highest BCUT2D eigenvalue weighted by Crippen LogP contribution is 2.32. The summed E-state index contributed by atoms with van der Waals surface area (Å²) in [5.74, 6) is 0.507. The van der Waals surface area contributed by atoms with Crippen LogP contribution in [0.1, 0.15) is 18.5 Å². The lowest BCUT2D eigenvalue weighted by Crippen LogP contribution is -2.05. The number of methoxy groups -OCH3 is 1. The molecule has 0 radical (unpaired) electrons. The molecule has 0 bridgehead atoms. The Balaban J connectivity index is 2.53. The maximum atomic E-state index is 12.9. The van der Waals surface area contributed by atoms with E-state index in [1.54, 1.807) is 19.2 Å². The van der Waals surface area contributed by atoms with E-state index in [1.807, 2.05) is 25.1 Å². The van der Waals surface area contributed by atoms with Crippen LogP contribution in [-0.2, 0) is 0 Å². The Kier molecular flexibility index (Phi) is 3.63. The molecule has 2 rings (SSSR count). The van der Waals surface area contributed by atoms with E-state index in [1.165, 1.54) is 12.1 Å². The lowest BCUT2D eigenvalue weighted by atomic mass is 9.99. The number of rotatable bonds is 3. The quantitative estimate of drug-likeness (QED) is 0.898. The van der Waals surface area contributed by atoms with Crippen molar-refractivity contribution in [3.05, 3.63) is 53.8 Å². The van der Waals surface area contributed by atoms with Gasteiger partial charge in [0, 0.05) is 11.6 Å². The average molecular weight is 245 g/mol. The van der Waals surface area contributed by atoms with Crippen molar-refractivity contribution in [2.24, 2.45) is 5.73 Å². The van der Waals surface area contributed by atoms with Crippen LogP contribution in [0.4, 0.5) is 4.39 Å². The molecular weight excluding hydrogens is 229 g/mol. The summed E-state index contributed by atoms with van der Waals surface area (Å²) in [5, 5.41) is 0. The van der Waals surface area contributed by atoms with E-state index >= 15 is 0 Å². The Labute approximate surface area is 106 Å².